The Hall–Kier alpha value is -6.07. The number of aromatic nitrogens is 3. The summed E-state index contributed by atoms with van der Waals surface area (Å²) in [6, 6.07) is 40.4. The van der Waals surface area contributed by atoms with Gasteiger partial charge < -0.3 is 13.5 Å². The fourth-order valence-electron chi connectivity index (χ4n) is 9.74. The molecule has 0 radical (unpaired) electrons. The summed E-state index contributed by atoms with van der Waals surface area (Å²) in [7, 11) is 0. The second-order valence-electron chi connectivity index (χ2n) is 14.1. The van der Waals surface area contributed by atoms with Crippen LogP contribution in [0, 0.1) is 20.8 Å². The van der Waals surface area contributed by atoms with Crippen molar-refractivity contribution >= 4 is 83.3 Å². The first-order valence-corrected chi connectivity index (χ1v) is 17.1. The molecule has 0 aliphatic carbocycles. The monoisotopic (exact) mass is 625 g/mol. The molecule has 4 aromatic heterocycles. The minimum absolute atomic E-state index is 0.0477. The summed E-state index contributed by atoms with van der Waals surface area (Å²) in [4.78, 5) is 5.21. The fourth-order valence-corrected chi connectivity index (χ4v) is 9.74. The summed E-state index contributed by atoms with van der Waals surface area (Å²) < 4.78 is 11.9. The van der Waals surface area contributed by atoms with Crippen LogP contribution in [0.2, 0.25) is 0 Å². The Bertz CT molecular complexity index is 3130. The molecule has 0 saturated carbocycles. The lowest BCUT2D eigenvalue weighted by atomic mass is 9.46. The summed E-state index contributed by atoms with van der Waals surface area (Å²) in [5.74, 6) is 0. The molecule has 0 amide bonds. The highest BCUT2D eigenvalue weighted by Crippen LogP contribution is 2.47. The van der Waals surface area contributed by atoms with E-state index >= 15 is 0 Å². The Kier molecular flexibility index (Phi) is 4.60. The summed E-state index contributed by atoms with van der Waals surface area (Å²) >= 11 is 0. The minimum Gasteiger partial charge on any atom is -0.455 e. The van der Waals surface area contributed by atoms with E-state index in [2.05, 4.69) is 139 Å². The Morgan fingerprint density at radius 3 is 2.27 bits per heavy atom. The van der Waals surface area contributed by atoms with Crippen molar-refractivity contribution in [1.82, 2.24) is 14.0 Å². The summed E-state index contributed by atoms with van der Waals surface area (Å²) in [6.45, 7) is 6.60. The number of hydrogen-bond donors (Lipinski definition) is 0. The number of aryl methyl sites for hydroxylation is 3. The average molecular weight is 626 g/mol. The van der Waals surface area contributed by atoms with Gasteiger partial charge in [0.25, 0.3) is 0 Å². The Labute approximate surface area is 281 Å². The van der Waals surface area contributed by atoms with Gasteiger partial charge in [-0.05, 0) is 90.3 Å². The summed E-state index contributed by atoms with van der Waals surface area (Å²) in [5.41, 5.74) is 19.1. The molecular formula is C44H28BN3O. The molecule has 228 valence electrons. The number of fused-ring (bicyclic) bond motifs is 14. The van der Waals surface area contributed by atoms with Crippen LogP contribution in [-0.4, -0.2) is 20.9 Å². The maximum atomic E-state index is 6.83. The molecule has 0 unspecified atom stereocenters. The quantitative estimate of drug-likeness (QED) is 0.170. The van der Waals surface area contributed by atoms with Crippen LogP contribution < -0.4 is 10.9 Å². The van der Waals surface area contributed by atoms with Crippen molar-refractivity contribution in [3.63, 3.8) is 0 Å². The van der Waals surface area contributed by atoms with Crippen LogP contribution in [0.1, 0.15) is 16.7 Å². The molecule has 6 heterocycles. The van der Waals surface area contributed by atoms with Gasteiger partial charge in [-0.25, -0.2) is 0 Å². The van der Waals surface area contributed by atoms with Gasteiger partial charge in [-0.15, -0.1) is 0 Å². The molecule has 0 bridgehead atoms. The smallest absolute Gasteiger partial charge is 0.333 e. The number of benzene rings is 6. The van der Waals surface area contributed by atoms with Crippen molar-refractivity contribution in [2.75, 3.05) is 0 Å². The number of para-hydroxylation sites is 3. The second-order valence-corrected chi connectivity index (χ2v) is 14.1. The SMILES string of the molecule is Cc1cc(C)c(-c2ccc3c(c2)c2ccnc4c2n3B2c3c(cc5c(oc6ccccc65)c3-4)-n3c4ccccc4c4cccc2c43)c(C)c1. The fraction of sp³-hybridized carbons (Fsp3) is 0.0682. The molecule has 0 saturated heterocycles. The molecule has 0 fully saturated rings. The van der Waals surface area contributed by atoms with Crippen molar-refractivity contribution in [2.24, 2.45) is 0 Å². The highest BCUT2D eigenvalue weighted by Gasteiger charge is 2.43. The molecular weight excluding hydrogens is 597 g/mol. The van der Waals surface area contributed by atoms with E-state index in [1.165, 1.54) is 88.0 Å². The summed E-state index contributed by atoms with van der Waals surface area (Å²) in [6.07, 6.45) is 1.99. The van der Waals surface area contributed by atoms with Gasteiger partial charge in [-0.2, -0.15) is 0 Å². The van der Waals surface area contributed by atoms with Crippen LogP contribution in [0.25, 0.3) is 93.6 Å². The first-order valence-electron chi connectivity index (χ1n) is 17.1. The van der Waals surface area contributed by atoms with Crippen LogP contribution in [0.4, 0.5) is 0 Å². The number of rotatable bonds is 1. The lowest BCUT2D eigenvalue weighted by Gasteiger charge is -2.33. The Morgan fingerprint density at radius 2 is 1.39 bits per heavy atom. The molecule has 6 aromatic carbocycles. The molecule has 2 aliphatic heterocycles. The lowest BCUT2D eigenvalue weighted by molar-refractivity contribution is 0.670. The third kappa shape index (κ3) is 3.02. The molecule has 49 heavy (non-hydrogen) atoms. The van der Waals surface area contributed by atoms with Gasteiger partial charge in [0.15, 0.2) is 0 Å². The van der Waals surface area contributed by atoms with Crippen LogP contribution in [0.3, 0.4) is 0 Å². The van der Waals surface area contributed by atoms with E-state index in [1.807, 2.05) is 6.20 Å². The molecule has 0 spiro atoms. The van der Waals surface area contributed by atoms with E-state index < -0.39 is 0 Å². The van der Waals surface area contributed by atoms with Gasteiger partial charge in [0.05, 0.1) is 22.2 Å². The van der Waals surface area contributed by atoms with Crippen LogP contribution in [-0.2, 0) is 0 Å². The van der Waals surface area contributed by atoms with Crippen LogP contribution >= 0.6 is 0 Å². The van der Waals surface area contributed by atoms with Crippen molar-refractivity contribution < 1.29 is 4.42 Å². The van der Waals surface area contributed by atoms with E-state index in [9.17, 15) is 0 Å². The highest BCUT2D eigenvalue weighted by atomic mass is 16.3. The van der Waals surface area contributed by atoms with E-state index in [0.717, 1.165) is 33.2 Å². The number of pyridine rings is 1. The minimum atomic E-state index is -0.0477. The normalized spacial score (nSPS) is 13.2. The topological polar surface area (TPSA) is 35.9 Å². The third-order valence-electron chi connectivity index (χ3n) is 11.4. The van der Waals surface area contributed by atoms with Gasteiger partial charge in [-0.3, -0.25) is 4.98 Å². The summed E-state index contributed by atoms with van der Waals surface area (Å²) in [5, 5.41) is 7.30. The van der Waals surface area contributed by atoms with Crippen molar-refractivity contribution in [3.8, 4) is 28.1 Å². The highest BCUT2D eigenvalue weighted by molar-refractivity contribution is 6.90. The Morgan fingerprint density at radius 1 is 0.612 bits per heavy atom. The molecule has 0 N–H and O–H groups in total. The number of furan rings is 1. The van der Waals surface area contributed by atoms with Crippen molar-refractivity contribution in [1.29, 1.82) is 0 Å². The number of hydrogen-bond acceptors (Lipinski definition) is 2. The largest absolute Gasteiger partial charge is 0.455 e. The zero-order valence-electron chi connectivity index (χ0n) is 27.3. The molecule has 4 nitrogen and oxygen atoms in total. The van der Waals surface area contributed by atoms with E-state index in [0.29, 0.717) is 0 Å². The van der Waals surface area contributed by atoms with Gasteiger partial charge in [0.2, 0.25) is 0 Å². The van der Waals surface area contributed by atoms with E-state index in [-0.39, 0.29) is 6.85 Å². The first-order chi connectivity index (χ1) is 24.1. The molecule has 10 aromatic rings. The standard InChI is InChI=1S/C44H28BN3O/c1-23-19-24(2)38(25(3)20-23)26-15-16-35-31(21-26)30-17-18-46-41-39-40-36(22-32-28-10-5-7-14-37(28)49-44(32)39)47-34-13-6-4-9-27(34)29-11-8-12-33(42(29)47)45(40)48(35)43(30)41/h4-22H,1-3H3. The first kappa shape index (κ1) is 26.0. The zero-order chi connectivity index (χ0) is 32.3. The van der Waals surface area contributed by atoms with Gasteiger partial charge in [0, 0.05) is 55.3 Å². The number of nitrogens with zero attached hydrogens (tertiary/aromatic N) is 3. The zero-order valence-corrected chi connectivity index (χ0v) is 27.3. The predicted octanol–water partition coefficient (Wildman–Crippen LogP) is 9.73. The van der Waals surface area contributed by atoms with E-state index in [4.69, 9.17) is 9.40 Å². The van der Waals surface area contributed by atoms with Crippen LogP contribution in [0.15, 0.2) is 120 Å². The van der Waals surface area contributed by atoms with Gasteiger partial charge in [0.1, 0.15) is 11.2 Å². The molecule has 0 atom stereocenters. The predicted molar refractivity (Wildman–Crippen MR) is 204 cm³/mol. The van der Waals surface area contributed by atoms with Crippen molar-refractivity contribution in [3.05, 3.63) is 132 Å². The average Bonchev–Trinajstić information content (AvgIpc) is 3.76. The molecule has 5 heteroatoms. The second kappa shape index (κ2) is 8.69. The van der Waals surface area contributed by atoms with Crippen LogP contribution in [0.5, 0.6) is 0 Å². The third-order valence-corrected chi connectivity index (χ3v) is 11.4. The van der Waals surface area contributed by atoms with Gasteiger partial charge in [-0.1, -0.05) is 78.4 Å². The van der Waals surface area contributed by atoms with Gasteiger partial charge >= 0.3 is 6.85 Å². The van der Waals surface area contributed by atoms with E-state index in [1.54, 1.807) is 0 Å². The maximum absolute atomic E-state index is 6.83. The lowest BCUT2D eigenvalue weighted by Crippen LogP contribution is -2.55. The molecule has 2 aliphatic rings. The molecule has 12 rings (SSSR count). The Balaban J connectivity index is 1.30. The van der Waals surface area contributed by atoms with Crippen molar-refractivity contribution in [2.45, 2.75) is 20.8 Å². The maximum Gasteiger partial charge on any atom is 0.333 e.